The van der Waals surface area contributed by atoms with Crippen LogP contribution in [0.2, 0.25) is 0 Å². The number of nitrogens with zero attached hydrogens (tertiary/aromatic N) is 2. The second-order valence-electron chi connectivity index (χ2n) is 3.45. The van der Waals surface area contributed by atoms with Gasteiger partial charge in [0.05, 0.1) is 0 Å². The number of hydrogen-bond acceptors (Lipinski definition) is 4. The topological polar surface area (TPSA) is 96.0 Å². The summed E-state index contributed by atoms with van der Waals surface area (Å²) < 4.78 is 2.31. The van der Waals surface area contributed by atoms with Gasteiger partial charge in [0.2, 0.25) is 0 Å². The highest BCUT2D eigenvalue weighted by molar-refractivity contribution is 5.56. The minimum absolute atomic E-state index is 0.0618. The van der Waals surface area contributed by atoms with Gasteiger partial charge < -0.3 is 11.5 Å². The van der Waals surface area contributed by atoms with E-state index in [1.165, 1.54) is 11.6 Å². The van der Waals surface area contributed by atoms with Crippen molar-refractivity contribution in [3.8, 4) is 0 Å². The summed E-state index contributed by atoms with van der Waals surface area (Å²) >= 11 is 0. The lowest BCUT2D eigenvalue weighted by atomic mass is 10.3. The molecule has 0 radical (unpaired) electrons. The van der Waals surface area contributed by atoms with Crippen LogP contribution in [0, 0.1) is 0 Å². The minimum atomic E-state index is -0.537. The molecule has 0 bridgehead atoms. The number of unbranched alkanes of at least 4 members (excludes halogenated alkanes) is 1. The molecule has 1 rings (SSSR count). The van der Waals surface area contributed by atoms with Gasteiger partial charge in [-0.2, -0.15) is 0 Å². The van der Waals surface area contributed by atoms with Crippen molar-refractivity contribution in [2.24, 2.45) is 7.05 Å². The molecule has 0 unspecified atom stereocenters. The molecule has 84 valence electrons. The molecule has 0 amide bonds. The Hall–Kier alpha value is -1.72. The van der Waals surface area contributed by atoms with Crippen LogP contribution in [0.15, 0.2) is 9.59 Å². The molecule has 0 fully saturated rings. The zero-order valence-electron chi connectivity index (χ0n) is 8.99. The van der Waals surface area contributed by atoms with E-state index >= 15 is 0 Å². The predicted molar refractivity (Wildman–Crippen MR) is 59.7 cm³/mol. The Bertz CT molecular complexity index is 472. The first-order chi connectivity index (χ1) is 7.00. The van der Waals surface area contributed by atoms with Crippen LogP contribution in [-0.2, 0) is 13.6 Å². The van der Waals surface area contributed by atoms with E-state index in [0.717, 1.165) is 17.4 Å². The summed E-state index contributed by atoms with van der Waals surface area (Å²) in [5.41, 5.74) is 10.1. The fourth-order valence-corrected chi connectivity index (χ4v) is 1.34. The first kappa shape index (κ1) is 11.4. The third kappa shape index (κ3) is 1.88. The molecule has 0 aliphatic carbocycles. The van der Waals surface area contributed by atoms with Gasteiger partial charge in [0, 0.05) is 13.6 Å². The van der Waals surface area contributed by atoms with Crippen molar-refractivity contribution in [2.45, 2.75) is 26.3 Å². The molecule has 1 heterocycles. The lowest BCUT2D eigenvalue weighted by Crippen LogP contribution is -2.40. The van der Waals surface area contributed by atoms with Crippen LogP contribution >= 0.6 is 0 Å². The molecule has 0 aromatic carbocycles. The second-order valence-corrected chi connectivity index (χ2v) is 3.45. The number of anilines is 2. The van der Waals surface area contributed by atoms with Gasteiger partial charge in [-0.15, -0.1) is 0 Å². The molecule has 0 aliphatic heterocycles. The van der Waals surface area contributed by atoms with Crippen LogP contribution in [-0.4, -0.2) is 9.13 Å². The summed E-state index contributed by atoms with van der Waals surface area (Å²) in [7, 11) is 1.39. The lowest BCUT2D eigenvalue weighted by Gasteiger charge is -2.12. The summed E-state index contributed by atoms with van der Waals surface area (Å²) in [5, 5.41) is 0. The van der Waals surface area contributed by atoms with Crippen LogP contribution < -0.4 is 22.7 Å². The Balaban J connectivity index is 3.39. The van der Waals surface area contributed by atoms with E-state index in [1.54, 1.807) is 0 Å². The monoisotopic (exact) mass is 212 g/mol. The van der Waals surface area contributed by atoms with Crippen LogP contribution in [0.3, 0.4) is 0 Å². The molecule has 0 saturated carbocycles. The number of hydrogen-bond donors (Lipinski definition) is 2. The summed E-state index contributed by atoms with van der Waals surface area (Å²) in [6.45, 7) is 2.49. The molecule has 6 heteroatoms. The van der Waals surface area contributed by atoms with Gasteiger partial charge >= 0.3 is 5.69 Å². The van der Waals surface area contributed by atoms with Crippen LogP contribution in [0.1, 0.15) is 19.8 Å². The van der Waals surface area contributed by atoms with Crippen molar-refractivity contribution >= 4 is 11.5 Å². The highest BCUT2D eigenvalue weighted by atomic mass is 16.2. The third-order valence-electron chi connectivity index (χ3n) is 2.35. The average molecular weight is 212 g/mol. The molecule has 0 saturated heterocycles. The number of nitrogens with two attached hydrogens (primary N) is 2. The van der Waals surface area contributed by atoms with E-state index in [4.69, 9.17) is 11.5 Å². The number of aromatic nitrogens is 2. The predicted octanol–water partition coefficient (Wildman–Crippen LogP) is -0.488. The molecule has 0 aliphatic rings. The third-order valence-corrected chi connectivity index (χ3v) is 2.35. The van der Waals surface area contributed by atoms with E-state index in [9.17, 15) is 9.59 Å². The summed E-state index contributed by atoms with van der Waals surface area (Å²) in [4.78, 5) is 23.0. The molecule has 6 nitrogen and oxygen atoms in total. The van der Waals surface area contributed by atoms with Crippen LogP contribution in [0.25, 0.3) is 0 Å². The first-order valence-corrected chi connectivity index (χ1v) is 4.85. The maximum Gasteiger partial charge on any atom is 0.332 e. The molecule has 0 atom stereocenters. The fourth-order valence-electron chi connectivity index (χ4n) is 1.34. The van der Waals surface area contributed by atoms with E-state index < -0.39 is 11.2 Å². The summed E-state index contributed by atoms with van der Waals surface area (Å²) in [5.74, 6) is 0.0663. The van der Waals surface area contributed by atoms with Crippen molar-refractivity contribution < 1.29 is 0 Å². The normalized spacial score (nSPS) is 10.5. The van der Waals surface area contributed by atoms with Crippen molar-refractivity contribution in [3.63, 3.8) is 0 Å². The molecule has 4 N–H and O–H groups in total. The van der Waals surface area contributed by atoms with Crippen LogP contribution in [0.5, 0.6) is 0 Å². The Morgan fingerprint density at radius 3 is 2.40 bits per heavy atom. The minimum Gasteiger partial charge on any atom is -0.391 e. The van der Waals surface area contributed by atoms with Gasteiger partial charge in [-0.1, -0.05) is 13.3 Å². The molecular formula is C9H16N4O2. The van der Waals surface area contributed by atoms with E-state index in [2.05, 4.69) is 0 Å². The van der Waals surface area contributed by atoms with E-state index in [0.29, 0.717) is 6.54 Å². The van der Waals surface area contributed by atoms with Crippen molar-refractivity contribution in [1.29, 1.82) is 0 Å². The Morgan fingerprint density at radius 1 is 1.27 bits per heavy atom. The maximum atomic E-state index is 11.7. The van der Waals surface area contributed by atoms with Gasteiger partial charge in [-0.25, -0.2) is 4.79 Å². The zero-order valence-corrected chi connectivity index (χ0v) is 8.99. The largest absolute Gasteiger partial charge is 0.391 e. The van der Waals surface area contributed by atoms with Crippen molar-refractivity contribution in [3.05, 3.63) is 20.8 Å². The molecule has 15 heavy (non-hydrogen) atoms. The Morgan fingerprint density at radius 2 is 1.87 bits per heavy atom. The summed E-state index contributed by atoms with van der Waals surface area (Å²) in [6, 6.07) is 0. The number of rotatable bonds is 3. The molecule has 1 aromatic heterocycles. The van der Waals surface area contributed by atoms with E-state index in [-0.39, 0.29) is 11.5 Å². The maximum absolute atomic E-state index is 11.7. The quantitative estimate of drug-likeness (QED) is 0.706. The fraction of sp³-hybridized carbons (Fsp3) is 0.556. The number of nitrogen functional groups attached to an aromatic ring is 2. The van der Waals surface area contributed by atoms with Gasteiger partial charge in [-0.05, 0) is 6.42 Å². The molecule has 1 aromatic rings. The van der Waals surface area contributed by atoms with Gasteiger partial charge in [0.15, 0.2) is 0 Å². The second kappa shape index (κ2) is 4.20. The Labute approximate surface area is 87.1 Å². The van der Waals surface area contributed by atoms with Crippen molar-refractivity contribution in [1.82, 2.24) is 9.13 Å². The van der Waals surface area contributed by atoms with Gasteiger partial charge in [0.25, 0.3) is 5.56 Å². The lowest BCUT2D eigenvalue weighted by molar-refractivity contribution is 0.576. The zero-order chi connectivity index (χ0) is 11.6. The van der Waals surface area contributed by atoms with Gasteiger partial charge in [-0.3, -0.25) is 13.9 Å². The molecule has 0 spiro atoms. The van der Waals surface area contributed by atoms with E-state index in [1.807, 2.05) is 6.92 Å². The standard InChI is InChI=1S/C9H16N4O2/c1-3-4-5-13-7(11)6(10)8(14)12(2)9(13)15/h3-5,10-11H2,1-2H3. The molecular weight excluding hydrogens is 196 g/mol. The smallest absolute Gasteiger partial charge is 0.332 e. The highest BCUT2D eigenvalue weighted by Crippen LogP contribution is 2.06. The average Bonchev–Trinajstić information content (AvgIpc) is 2.24. The highest BCUT2D eigenvalue weighted by Gasteiger charge is 2.11. The van der Waals surface area contributed by atoms with Gasteiger partial charge in [0.1, 0.15) is 11.5 Å². The SMILES string of the molecule is CCCCn1c(N)c(N)c(=O)n(C)c1=O. The van der Waals surface area contributed by atoms with Crippen molar-refractivity contribution in [2.75, 3.05) is 11.5 Å². The Kier molecular flexibility index (Phi) is 3.18. The first-order valence-electron chi connectivity index (χ1n) is 4.85. The summed E-state index contributed by atoms with van der Waals surface area (Å²) in [6.07, 6.45) is 1.76. The van der Waals surface area contributed by atoms with Crippen LogP contribution in [0.4, 0.5) is 11.5 Å².